The first-order chi connectivity index (χ1) is 10.5. The zero-order valence-corrected chi connectivity index (χ0v) is 13.5. The third-order valence-electron chi connectivity index (χ3n) is 4.20. The van der Waals surface area contributed by atoms with E-state index < -0.39 is 5.54 Å². The van der Waals surface area contributed by atoms with Crippen molar-refractivity contribution in [3.05, 3.63) is 12.4 Å². The summed E-state index contributed by atoms with van der Waals surface area (Å²) in [6.45, 7) is 2.73. The predicted molar refractivity (Wildman–Crippen MR) is 86.0 cm³/mol. The fraction of sp³-hybridized carbons (Fsp3) is 0.667. The molecule has 1 aromatic heterocycles. The van der Waals surface area contributed by atoms with Crippen LogP contribution in [-0.2, 0) is 0 Å². The minimum absolute atomic E-state index is 0.000974. The van der Waals surface area contributed by atoms with Gasteiger partial charge in [0.2, 0.25) is 0 Å². The summed E-state index contributed by atoms with van der Waals surface area (Å²) in [6, 6.07) is 1.53. The van der Waals surface area contributed by atoms with Gasteiger partial charge in [-0.1, -0.05) is 13.3 Å². The molecule has 2 heterocycles. The molecule has 1 aliphatic heterocycles. The van der Waals surface area contributed by atoms with Gasteiger partial charge >= 0.3 is 6.03 Å². The highest BCUT2D eigenvalue weighted by atomic mass is 16.3. The summed E-state index contributed by atoms with van der Waals surface area (Å²) in [5.74, 6) is 1.20. The van der Waals surface area contributed by atoms with Crippen molar-refractivity contribution in [2.24, 2.45) is 0 Å². The molecular weight excluding hydrogens is 282 g/mol. The van der Waals surface area contributed by atoms with E-state index in [1.165, 1.54) is 6.33 Å². The second-order valence-corrected chi connectivity index (χ2v) is 5.97. The summed E-state index contributed by atoms with van der Waals surface area (Å²) in [7, 11) is 3.76. The molecule has 2 N–H and O–H groups in total. The smallest absolute Gasteiger partial charge is 0.323 e. The van der Waals surface area contributed by atoms with Crippen molar-refractivity contribution in [3.8, 4) is 0 Å². The van der Waals surface area contributed by atoms with Gasteiger partial charge in [0.15, 0.2) is 0 Å². The molecule has 2 rings (SSSR count). The van der Waals surface area contributed by atoms with Gasteiger partial charge in [0.05, 0.1) is 12.1 Å². The van der Waals surface area contributed by atoms with Crippen LogP contribution in [0.1, 0.15) is 32.6 Å². The average molecular weight is 307 g/mol. The van der Waals surface area contributed by atoms with E-state index in [0.29, 0.717) is 12.4 Å². The number of carbonyl (C=O) groups is 1. The Morgan fingerprint density at radius 3 is 2.91 bits per heavy atom. The van der Waals surface area contributed by atoms with Crippen molar-refractivity contribution < 1.29 is 9.90 Å². The Morgan fingerprint density at radius 1 is 1.50 bits per heavy atom. The molecule has 1 atom stereocenters. The summed E-state index contributed by atoms with van der Waals surface area (Å²) < 4.78 is 0. The average Bonchev–Trinajstić information content (AvgIpc) is 2.92. The van der Waals surface area contributed by atoms with E-state index >= 15 is 0 Å². The number of urea groups is 1. The Labute approximate surface area is 131 Å². The van der Waals surface area contributed by atoms with Gasteiger partial charge in [0, 0.05) is 26.7 Å². The van der Waals surface area contributed by atoms with Crippen molar-refractivity contribution >= 4 is 17.7 Å². The maximum atomic E-state index is 12.6. The number of aliphatic hydroxyl groups excluding tert-OH is 1. The number of hydrogen-bond acceptors (Lipinski definition) is 5. The fourth-order valence-corrected chi connectivity index (χ4v) is 3.06. The van der Waals surface area contributed by atoms with Gasteiger partial charge in [-0.25, -0.2) is 14.8 Å². The maximum absolute atomic E-state index is 12.6. The van der Waals surface area contributed by atoms with Gasteiger partial charge in [-0.15, -0.1) is 0 Å². The van der Waals surface area contributed by atoms with Crippen molar-refractivity contribution in [3.63, 3.8) is 0 Å². The van der Waals surface area contributed by atoms with E-state index in [0.717, 1.165) is 31.5 Å². The van der Waals surface area contributed by atoms with E-state index in [9.17, 15) is 9.90 Å². The second-order valence-electron chi connectivity index (χ2n) is 5.97. The standard InChI is InChI=1S/C15H25N5O2/c1-4-6-15(10-21)7-5-8-20(15)14(22)18-12-9-13(19(2)3)17-11-16-12/h9,11,21H,4-8,10H2,1-3H3,(H,16,17,18,22). The van der Waals surface area contributed by atoms with E-state index in [2.05, 4.69) is 22.2 Å². The Hall–Kier alpha value is -1.89. The number of aliphatic hydroxyl groups is 1. The molecule has 22 heavy (non-hydrogen) atoms. The Morgan fingerprint density at radius 2 is 2.27 bits per heavy atom. The quantitative estimate of drug-likeness (QED) is 0.865. The number of hydrogen-bond donors (Lipinski definition) is 2. The van der Waals surface area contributed by atoms with Crippen LogP contribution in [0.4, 0.5) is 16.4 Å². The molecule has 1 aliphatic rings. The molecule has 1 unspecified atom stereocenters. The Balaban J connectivity index is 2.12. The van der Waals surface area contributed by atoms with Gasteiger partial charge in [-0.2, -0.15) is 0 Å². The highest BCUT2D eigenvalue weighted by Gasteiger charge is 2.42. The van der Waals surface area contributed by atoms with Gasteiger partial charge in [-0.05, 0) is 19.3 Å². The minimum Gasteiger partial charge on any atom is -0.394 e. The van der Waals surface area contributed by atoms with Crippen LogP contribution in [0.5, 0.6) is 0 Å². The third kappa shape index (κ3) is 3.30. The number of anilines is 2. The molecule has 0 bridgehead atoms. The van der Waals surface area contributed by atoms with Gasteiger partial charge < -0.3 is 14.9 Å². The van der Waals surface area contributed by atoms with Crippen LogP contribution in [0, 0.1) is 0 Å². The topological polar surface area (TPSA) is 81.6 Å². The Kier molecular flexibility index (Phi) is 5.18. The first-order valence-corrected chi connectivity index (χ1v) is 7.71. The van der Waals surface area contributed by atoms with Crippen molar-refractivity contribution in [1.29, 1.82) is 0 Å². The van der Waals surface area contributed by atoms with Crippen molar-refractivity contribution in [1.82, 2.24) is 14.9 Å². The summed E-state index contributed by atoms with van der Waals surface area (Å²) in [6.07, 6.45) is 4.94. The molecule has 1 fully saturated rings. The summed E-state index contributed by atoms with van der Waals surface area (Å²) in [5, 5.41) is 12.6. The molecule has 0 spiro atoms. The van der Waals surface area contributed by atoms with Crippen LogP contribution in [0.2, 0.25) is 0 Å². The molecule has 7 heteroatoms. The lowest BCUT2D eigenvalue weighted by Crippen LogP contribution is -2.51. The van der Waals surface area contributed by atoms with Crippen LogP contribution >= 0.6 is 0 Å². The number of likely N-dealkylation sites (tertiary alicyclic amines) is 1. The summed E-state index contributed by atoms with van der Waals surface area (Å²) >= 11 is 0. The maximum Gasteiger partial charge on any atom is 0.323 e. The molecule has 122 valence electrons. The largest absolute Gasteiger partial charge is 0.394 e. The number of amides is 2. The van der Waals surface area contributed by atoms with Crippen LogP contribution in [-0.4, -0.2) is 58.8 Å². The first-order valence-electron chi connectivity index (χ1n) is 7.71. The lowest BCUT2D eigenvalue weighted by Gasteiger charge is -2.36. The summed E-state index contributed by atoms with van der Waals surface area (Å²) in [5.41, 5.74) is -0.434. The van der Waals surface area contributed by atoms with Crippen molar-refractivity contribution in [2.45, 2.75) is 38.1 Å². The van der Waals surface area contributed by atoms with Crippen LogP contribution in [0.3, 0.4) is 0 Å². The van der Waals surface area contributed by atoms with E-state index in [1.54, 1.807) is 11.0 Å². The molecule has 0 aliphatic carbocycles. The lowest BCUT2D eigenvalue weighted by molar-refractivity contribution is 0.0822. The van der Waals surface area contributed by atoms with E-state index in [1.807, 2.05) is 19.0 Å². The second kappa shape index (κ2) is 6.91. The lowest BCUT2D eigenvalue weighted by atomic mass is 9.92. The van der Waals surface area contributed by atoms with Crippen LogP contribution in [0.15, 0.2) is 12.4 Å². The highest BCUT2D eigenvalue weighted by Crippen LogP contribution is 2.33. The predicted octanol–water partition coefficient (Wildman–Crippen LogP) is 1.70. The molecule has 1 saturated heterocycles. The number of carbonyl (C=O) groups excluding carboxylic acids is 1. The molecule has 0 radical (unpaired) electrons. The number of rotatable bonds is 5. The van der Waals surface area contributed by atoms with Gasteiger partial charge in [0.25, 0.3) is 0 Å². The van der Waals surface area contributed by atoms with Crippen LogP contribution in [0.25, 0.3) is 0 Å². The van der Waals surface area contributed by atoms with Crippen molar-refractivity contribution in [2.75, 3.05) is 37.5 Å². The molecule has 0 saturated carbocycles. The number of aromatic nitrogens is 2. The summed E-state index contributed by atoms with van der Waals surface area (Å²) in [4.78, 5) is 24.4. The number of nitrogens with one attached hydrogen (secondary N) is 1. The Bertz CT molecular complexity index is 522. The van der Waals surface area contributed by atoms with E-state index in [-0.39, 0.29) is 12.6 Å². The van der Waals surface area contributed by atoms with E-state index in [4.69, 9.17) is 0 Å². The van der Waals surface area contributed by atoms with Gasteiger partial charge in [0.1, 0.15) is 18.0 Å². The SMILES string of the molecule is CCCC1(CO)CCCN1C(=O)Nc1cc(N(C)C)ncn1. The number of nitrogens with zero attached hydrogens (tertiary/aromatic N) is 4. The minimum atomic E-state index is -0.434. The van der Waals surface area contributed by atoms with Gasteiger partial charge in [-0.3, -0.25) is 5.32 Å². The normalized spacial score (nSPS) is 21.0. The highest BCUT2D eigenvalue weighted by molar-refractivity contribution is 5.89. The first kappa shape index (κ1) is 16.5. The third-order valence-corrected chi connectivity index (χ3v) is 4.20. The monoisotopic (exact) mass is 307 g/mol. The molecule has 2 amide bonds. The molecule has 1 aromatic rings. The van der Waals surface area contributed by atoms with Crippen LogP contribution < -0.4 is 10.2 Å². The molecular formula is C15H25N5O2. The zero-order chi connectivity index (χ0) is 16.2. The zero-order valence-electron chi connectivity index (χ0n) is 13.5. The fourth-order valence-electron chi connectivity index (χ4n) is 3.06. The molecule has 0 aromatic carbocycles. The molecule has 7 nitrogen and oxygen atoms in total.